The molecule has 9 rings (SSSR count). The Kier molecular flexibility index (Phi) is 9.49. The molecule has 5 aromatic carbocycles. The van der Waals surface area contributed by atoms with Gasteiger partial charge in [-0.15, -0.1) is 0 Å². The Morgan fingerprint density at radius 2 is 1.59 bits per heavy atom. The van der Waals surface area contributed by atoms with Crippen LogP contribution in [0.2, 0.25) is 0 Å². The lowest BCUT2D eigenvalue weighted by atomic mass is 9.75. The van der Waals surface area contributed by atoms with E-state index in [9.17, 15) is 0 Å². The van der Waals surface area contributed by atoms with Crippen LogP contribution in [0.25, 0.3) is 55.0 Å². The van der Waals surface area contributed by atoms with Gasteiger partial charge in [0.2, 0.25) is 0 Å². The van der Waals surface area contributed by atoms with Gasteiger partial charge in [-0.3, -0.25) is 0 Å². The van der Waals surface area contributed by atoms with Gasteiger partial charge in [0.05, 0.1) is 0 Å². The number of benzene rings is 5. The summed E-state index contributed by atoms with van der Waals surface area (Å²) in [5.74, 6) is 1.03. The topological polar surface area (TPSA) is 16.4 Å². The standard InChI is InChI=1S/C54H47NO/c1-4-5-6-14-35-55(44-27-23-40(24-28-44)46-18-11-10-15-38(46)2)45-31-33-54(3,34-32-45)43-26-29-47(39-16-8-7-9-17-39)49(37-43)42-22-21-41-25-30-52-53(50(41)36-42)48-19-12-13-20-51(48)56-52/h4-14,16-23,25-33,35-38,40H,1,15,24,34H2,2-3H3/b6-5-,35-14-. The largest absolute Gasteiger partial charge is 0.456 e. The number of fused-ring (bicyclic) bond motifs is 5. The molecule has 3 aliphatic rings. The summed E-state index contributed by atoms with van der Waals surface area (Å²) in [5.41, 5.74) is 11.7. The Morgan fingerprint density at radius 1 is 0.750 bits per heavy atom. The molecule has 0 amide bonds. The molecule has 6 aromatic rings. The van der Waals surface area contributed by atoms with Gasteiger partial charge in [0.25, 0.3) is 0 Å². The van der Waals surface area contributed by atoms with Crippen molar-refractivity contribution >= 4 is 32.7 Å². The third kappa shape index (κ3) is 6.66. The van der Waals surface area contributed by atoms with Gasteiger partial charge in [-0.2, -0.15) is 0 Å². The summed E-state index contributed by atoms with van der Waals surface area (Å²) in [6, 6.07) is 37.4. The summed E-state index contributed by atoms with van der Waals surface area (Å²) in [5, 5.41) is 4.74. The van der Waals surface area contributed by atoms with Crippen molar-refractivity contribution in [2.45, 2.75) is 38.5 Å². The van der Waals surface area contributed by atoms with Crippen molar-refractivity contribution in [2.75, 3.05) is 0 Å². The Bertz CT molecular complexity index is 2720. The molecule has 0 N–H and O–H groups in total. The predicted octanol–water partition coefficient (Wildman–Crippen LogP) is 14.7. The number of para-hydroxylation sites is 1. The third-order valence-electron chi connectivity index (χ3n) is 11.9. The van der Waals surface area contributed by atoms with Crippen LogP contribution in [0.4, 0.5) is 0 Å². The molecule has 0 radical (unpaired) electrons. The van der Waals surface area contributed by atoms with E-state index in [4.69, 9.17) is 4.42 Å². The van der Waals surface area contributed by atoms with Crippen LogP contribution in [-0.2, 0) is 5.41 Å². The highest BCUT2D eigenvalue weighted by Gasteiger charge is 2.28. The number of hydrogen-bond acceptors (Lipinski definition) is 2. The molecule has 3 unspecified atom stereocenters. The maximum atomic E-state index is 6.30. The lowest BCUT2D eigenvalue weighted by Gasteiger charge is -2.34. The molecule has 0 aliphatic heterocycles. The lowest BCUT2D eigenvalue weighted by Crippen LogP contribution is -2.24. The molecule has 274 valence electrons. The van der Waals surface area contributed by atoms with Gasteiger partial charge in [0.1, 0.15) is 11.2 Å². The number of allylic oxidation sites excluding steroid dienone is 14. The molecule has 3 aliphatic carbocycles. The van der Waals surface area contributed by atoms with E-state index in [-0.39, 0.29) is 5.41 Å². The zero-order valence-corrected chi connectivity index (χ0v) is 32.2. The van der Waals surface area contributed by atoms with E-state index in [2.05, 4.69) is 189 Å². The molecule has 0 fully saturated rings. The quantitative estimate of drug-likeness (QED) is 0.138. The van der Waals surface area contributed by atoms with Crippen LogP contribution < -0.4 is 0 Å². The minimum atomic E-state index is -0.185. The van der Waals surface area contributed by atoms with Crippen LogP contribution in [0, 0.1) is 11.8 Å². The second-order valence-corrected chi connectivity index (χ2v) is 15.6. The molecular weight excluding hydrogens is 679 g/mol. The minimum Gasteiger partial charge on any atom is -0.456 e. The van der Waals surface area contributed by atoms with Crippen LogP contribution in [-0.4, -0.2) is 4.90 Å². The molecule has 2 heteroatoms. The van der Waals surface area contributed by atoms with Gasteiger partial charge in [-0.1, -0.05) is 166 Å². The summed E-state index contributed by atoms with van der Waals surface area (Å²) < 4.78 is 6.30. The lowest BCUT2D eigenvalue weighted by molar-refractivity contribution is 0.539. The van der Waals surface area contributed by atoms with Gasteiger partial charge in [0, 0.05) is 39.7 Å². The van der Waals surface area contributed by atoms with Crippen molar-refractivity contribution < 1.29 is 4.42 Å². The third-order valence-corrected chi connectivity index (χ3v) is 11.9. The highest BCUT2D eigenvalue weighted by Crippen LogP contribution is 2.43. The maximum Gasteiger partial charge on any atom is 0.136 e. The molecule has 56 heavy (non-hydrogen) atoms. The fourth-order valence-corrected chi connectivity index (χ4v) is 8.72. The fraction of sp³-hybridized carbons (Fsp3) is 0.148. The molecule has 1 aromatic heterocycles. The van der Waals surface area contributed by atoms with E-state index >= 15 is 0 Å². The molecule has 0 bridgehead atoms. The molecule has 0 saturated heterocycles. The second kappa shape index (κ2) is 15.0. The highest BCUT2D eigenvalue weighted by molar-refractivity contribution is 6.19. The molecule has 3 atom stereocenters. The summed E-state index contributed by atoms with van der Waals surface area (Å²) >= 11 is 0. The number of hydrogen-bond donors (Lipinski definition) is 0. The Hall–Kier alpha value is -6.38. The zero-order chi connectivity index (χ0) is 38.1. The van der Waals surface area contributed by atoms with Crippen molar-refractivity contribution in [3.63, 3.8) is 0 Å². The first-order valence-electron chi connectivity index (χ1n) is 19.9. The summed E-state index contributed by atoms with van der Waals surface area (Å²) in [4.78, 5) is 2.33. The first-order chi connectivity index (χ1) is 27.5. The predicted molar refractivity (Wildman–Crippen MR) is 238 cm³/mol. The fourth-order valence-electron chi connectivity index (χ4n) is 8.72. The Morgan fingerprint density at radius 3 is 2.39 bits per heavy atom. The van der Waals surface area contributed by atoms with Crippen molar-refractivity contribution in [1.29, 1.82) is 0 Å². The normalized spacial score (nSPS) is 20.9. The van der Waals surface area contributed by atoms with Crippen molar-refractivity contribution in [1.82, 2.24) is 4.90 Å². The van der Waals surface area contributed by atoms with Crippen LogP contribution in [0.5, 0.6) is 0 Å². The first-order valence-corrected chi connectivity index (χ1v) is 19.9. The van der Waals surface area contributed by atoms with Crippen molar-refractivity contribution in [3.05, 3.63) is 217 Å². The van der Waals surface area contributed by atoms with Gasteiger partial charge in [-0.05, 0) is 106 Å². The van der Waals surface area contributed by atoms with Gasteiger partial charge in [-0.25, -0.2) is 0 Å². The van der Waals surface area contributed by atoms with Gasteiger partial charge >= 0.3 is 0 Å². The van der Waals surface area contributed by atoms with Crippen molar-refractivity contribution in [3.8, 4) is 22.3 Å². The SMILES string of the molecule is C=C/C=C\C=C/N(C1=CCC(C2=CC=CCC2C)C=C1)C1=CCC(C)(c2ccc(-c3ccccc3)c(-c3ccc4ccc5oc6ccccc6c5c4c3)c2)C=C1. The van der Waals surface area contributed by atoms with E-state index in [1.54, 1.807) is 0 Å². The first kappa shape index (κ1) is 35.3. The molecule has 0 spiro atoms. The summed E-state index contributed by atoms with van der Waals surface area (Å²) in [7, 11) is 0. The molecule has 2 nitrogen and oxygen atoms in total. The smallest absolute Gasteiger partial charge is 0.136 e. The van der Waals surface area contributed by atoms with Crippen LogP contribution in [0.15, 0.2) is 216 Å². The highest BCUT2D eigenvalue weighted by atomic mass is 16.3. The van der Waals surface area contributed by atoms with Gasteiger partial charge in [0.15, 0.2) is 0 Å². The van der Waals surface area contributed by atoms with E-state index in [1.807, 2.05) is 24.3 Å². The van der Waals surface area contributed by atoms with Crippen LogP contribution >= 0.6 is 0 Å². The van der Waals surface area contributed by atoms with E-state index in [0.717, 1.165) is 35.8 Å². The number of nitrogens with zero attached hydrogens (tertiary/aromatic N) is 1. The van der Waals surface area contributed by atoms with Crippen molar-refractivity contribution in [2.24, 2.45) is 11.8 Å². The minimum absolute atomic E-state index is 0.185. The molecule has 1 heterocycles. The van der Waals surface area contributed by atoms with Crippen LogP contribution in [0.3, 0.4) is 0 Å². The Balaban J connectivity index is 1.07. The molecular formula is C54H47NO. The number of furan rings is 1. The zero-order valence-electron chi connectivity index (χ0n) is 32.2. The average molecular weight is 726 g/mol. The average Bonchev–Trinajstić information content (AvgIpc) is 3.64. The van der Waals surface area contributed by atoms with Gasteiger partial charge < -0.3 is 9.32 Å². The summed E-state index contributed by atoms with van der Waals surface area (Å²) in [6.07, 6.45) is 34.1. The van der Waals surface area contributed by atoms with E-state index < -0.39 is 0 Å². The maximum absolute atomic E-state index is 6.30. The van der Waals surface area contributed by atoms with E-state index in [1.165, 1.54) is 60.9 Å². The summed E-state index contributed by atoms with van der Waals surface area (Å²) in [6.45, 7) is 8.56. The molecule has 0 saturated carbocycles. The Labute approximate surface area is 330 Å². The van der Waals surface area contributed by atoms with Crippen LogP contribution in [0.1, 0.15) is 38.7 Å². The number of rotatable bonds is 9. The second-order valence-electron chi connectivity index (χ2n) is 15.6. The van der Waals surface area contributed by atoms with E-state index in [0.29, 0.717) is 11.8 Å². The monoisotopic (exact) mass is 725 g/mol.